The van der Waals surface area contributed by atoms with Crippen LogP contribution in [0.4, 0.5) is 0 Å². The van der Waals surface area contributed by atoms with E-state index in [2.05, 4.69) is 91.0 Å². The lowest BCUT2D eigenvalue weighted by Crippen LogP contribution is -2.30. The molecule has 34 heavy (non-hydrogen) atoms. The normalized spacial score (nSPS) is 11.9. The van der Waals surface area contributed by atoms with Crippen molar-refractivity contribution in [3.05, 3.63) is 108 Å². The molecular weight excluding hydrogens is 451 g/mol. The number of hydrogen-bond donors (Lipinski definition) is 0. The van der Waals surface area contributed by atoms with E-state index in [9.17, 15) is 0 Å². The number of hydrogen-bond acceptors (Lipinski definition) is 0. The third kappa shape index (κ3) is 10.3. The Morgan fingerprint density at radius 1 is 0.471 bits per heavy atom. The molecule has 0 aromatic heterocycles. The zero-order valence-corrected chi connectivity index (χ0v) is 22.5. The molecule has 0 aliphatic heterocycles. The first-order chi connectivity index (χ1) is 16.8. The summed E-state index contributed by atoms with van der Waals surface area (Å²) in [6.07, 6.45) is 16.7. The molecule has 1 unspecified atom stereocenters. The van der Waals surface area contributed by atoms with Gasteiger partial charge in [0.15, 0.2) is 0 Å². The van der Waals surface area contributed by atoms with Crippen molar-refractivity contribution in [3.63, 3.8) is 0 Å². The first kappa shape index (κ1) is 27.0. The molecule has 0 nitrogen and oxygen atoms in total. The van der Waals surface area contributed by atoms with Crippen LogP contribution in [-0.2, 0) is 19.3 Å². The summed E-state index contributed by atoms with van der Waals surface area (Å²) in [5.41, 5.74) is 4.64. The van der Waals surface area contributed by atoms with Crippen molar-refractivity contribution in [2.45, 2.75) is 77.0 Å². The molecule has 0 heterocycles. The van der Waals surface area contributed by atoms with E-state index in [4.69, 9.17) is 11.2 Å². The Balaban J connectivity index is 1.65. The molecule has 3 aromatic rings. The highest BCUT2D eigenvalue weighted by Crippen LogP contribution is 2.37. The summed E-state index contributed by atoms with van der Waals surface area (Å²) in [5.74, 6) is 0. The second-order valence-corrected chi connectivity index (χ2v) is 11.5. The van der Waals surface area contributed by atoms with Gasteiger partial charge in [0.2, 0.25) is 0 Å². The van der Waals surface area contributed by atoms with Crippen LogP contribution in [0.25, 0.3) is 0 Å². The molecular formula is C32H42ClP. The van der Waals surface area contributed by atoms with E-state index >= 15 is 0 Å². The fraction of sp³-hybridized carbons (Fsp3) is 0.438. The average molecular weight is 493 g/mol. The van der Waals surface area contributed by atoms with Crippen LogP contribution >= 0.6 is 19.2 Å². The van der Waals surface area contributed by atoms with E-state index < -0.39 is 0 Å². The second-order valence-electron chi connectivity index (χ2n) is 9.95. The summed E-state index contributed by atoms with van der Waals surface area (Å²) in [5, 5.41) is 0. The van der Waals surface area contributed by atoms with E-state index in [0.717, 1.165) is 19.3 Å². The fourth-order valence-electron chi connectivity index (χ4n) is 5.29. The topological polar surface area (TPSA) is 0 Å². The highest BCUT2D eigenvalue weighted by Gasteiger charge is 2.30. The van der Waals surface area contributed by atoms with Gasteiger partial charge in [-0.3, -0.25) is 0 Å². The van der Waals surface area contributed by atoms with Gasteiger partial charge < -0.3 is 0 Å². The quantitative estimate of drug-likeness (QED) is 0.130. The summed E-state index contributed by atoms with van der Waals surface area (Å²) in [7, 11) is 0.604. The first-order valence-corrected chi connectivity index (χ1v) is 15.5. The van der Waals surface area contributed by atoms with Crippen LogP contribution in [0.3, 0.4) is 0 Å². The van der Waals surface area contributed by atoms with Crippen LogP contribution < -0.4 is 0 Å². The van der Waals surface area contributed by atoms with Crippen LogP contribution in [0.5, 0.6) is 0 Å². The highest BCUT2D eigenvalue weighted by molar-refractivity contribution is 7.68. The van der Waals surface area contributed by atoms with Crippen LogP contribution in [0.2, 0.25) is 0 Å². The maximum atomic E-state index is 5.82. The maximum absolute atomic E-state index is 5.82. The summed E-state index contributed by atoms with van der Waals surface area (Å²) < 4.78 is 0. The smallest absolute Gasteiger partial charge is 0.0176 e. The molecule has 0 spiro atoms. The zero-order valence-electron chi connectivity index (χ0n) is 20.7. The minimum atomic E-state index is 0.242. The summed E-state index contributed by atoms with van der Waals surface area (Å²) in [6, 6.07) is 33.5. The van der Waals surface area contributed by atoms with E-state index in [1.165, 1.54) is 80.6 Å². The Kier molecular flexibility index (Phi) is 12.8. The van der Waals surface area contributed by atoms with Gasteiger partial charge in [-0.1, -0.05) is 136 Å². The third-order valence-electron chi connectivity index (χ3n) is 6.99. The van der Waals surface area contributed by atoms with Crippen LogP contribution in [-0.4, -0.2) is 6.16 Å². The van der Waals surface area contributed by atoms with Crippen LogP contribution in [0, 0.1) is 5.41 Å². The fourth-order valence-corrected chi connectivity index (χ4v) is 6.08. The van der Waals surface area contributed by atoms with Gasteiger partial charge in [0.25, 0.3) is 0 Å². The largest absolute Gasteiger partial charge is 0.100 e. The van der Waals surface area contributed by atoms with Crippen LogP contribution in [0.15, 0.2) is 91.0 Å². The average Bonchev–Trinajstić information content (AvgIpc) is 2.87. The molecule has 182 valence electrons. The van der Waals surface area contributed by atoms with Crippen molar-refractivity contribution in [1.82, 2.24) is 0 Å². The molecule has 0 fully saturated rings. The molecule has 0 radical (unpaired) electrons. The molecule has 0 aliphatic rings. The summed E-state index contributed by atoms with van der Waals surface area (Å²) in [6.45, 7) is 0. The van der Waals surface area contributed by atoms with Gasteiger partial charge >= 0.3 is 0 Å². The number of rotatable bonds is 17. The number of halogens is 1. The molecule has 0 saturated heterocycles. The Morgan fingerprint density at radius 2 is 0.824 bits per heavy atom. The van der Waals surface area contributed by atoms with Gasteiger partial charge in [0.1, 0.15) is 0 Å². The van der Waals surface area contributed by atoms with Gasteiger partial charge in [0.05, 0.1) is 0 Å². The highest BCUT2D eigenvalue weighted by atomic mass is 35.7. The number of benzene rings is 3. The zero-order chi connectivity index (χ0) is 23.7. The third-order valence-corrected chi connectivity index (χ3v) is 8.10. The maximum Gasteiger partial charge on any atom is -0.0176 e. The Labute approximate surface area is 215 Å². The van der Waals surface area contributed by atoms with Crippen molar-refractivity contribution in [2.24, 2.45) is 5.41 Å². The van der Waals surface area contributed by atoms with E-state index in [1.54, 1.807) is 0 Å². The lowest BCUT2D eigenvalue weighted by Gasteiger charge is -2.35. The molecule has 3 rings (SSSR count). The molecule has 3 aromatic carbocycles. The molecule has 0 bridgehead atoms. The van der Waals surface area contributed by atoms with E-state index in [-0.39, 0.29) is 5.41 Å². The second kappa shape index (κ2) is 16.1. The lowest BCUT2D eigenvalue weighted by molar-refractivity contribution is 0.243. The predicted octanol–water partition coefficient (Wildman–Crippen LogP) is 10.0. The molecule has 2 heteroatoms. The van der Waals surface area contributed by atoms with Gasteiger partial charge in [0, 0.05) is 0 Å². The standard InChI is InChI=1S/C32H42ClP/c33-34-25-17-6-4-2-1-3-5-16-24-32(26-29-18-10-7-11-19-29,27-30-20-12-8-13-21-30)28-31-22-14-9-15-23-31/h7-15,18-23,34H,1-6,16-17,24-28H2. The summed E-state index contributed by atoms with van der Waals surface area (Å²) in [4.78, 5) is 0. The monoisotopic (exact) mass is 492 g/mol. The van der Waals surface area contributed by atoms with Crippen molar-refractivity contribution >= 4 is 19.2 Å². The van der Waals surface area contributed by atoms with Gasteiger partial charge in [-0.05, 0) is 68.3 Å². The first-order valence-electron chi connectivity index (χ1n) is 13.2. The Hall–Kier alpha value is -1.62. The van der Waals surface area contributed by atoms with Crippen molar-refractivity contribution < 1.29 is 0 Å². The Morgan fingerprint density at radius 3 is 1.21 bits per heavy atom. The van der Waals surface area contributed by atoms with Gasteiger partial charge in [-0.2, -0.15) is 0 Å². The lowest BCUT2D eigenvalue weighted by atomic mass is 9.69. The van der Waals surface area contributed by atoms with Crippen LogP contribution in [0.1, 0.15) is 74.5 Å². The minimum absolute atomic E-state index is 0.242. The molecule has 0 saturated carbocycles. The SMILES string of the molecule is ClPCCCCCCCCCCC(Cc1ccccc1)(Cc1ccccc1)Cc1ccccc1. The van der Waals surface area contributed by atoms with Crippen molar-refractivity contribution in [1.29, 1.82) is 0 Å². The van der Waals surface area contributed by atoms with Crippen molar-refractivity contribution in [3.8, 4) is 0 Å². The van der Waals surface area contributed by atoms with Gasteiger partial charge in [-0.15, -0.1) is 11.2 Å². The number of unbranched alkanes of at least 4 members (excludes halogenated alkanes) is 7. The molecule has 0 N–H and O–H groups in total. The van der Waals surface area contributed by atoms with Gasteiger partial charge in [-0.25, -0.2) is 0 Å². The molecule has 0 amide bonds. The van der Waals surface area contributed by atoms with E-state index in [0.29, 0.717) is 7.93 Å². The summed E-state index contributed by atoms with van der Waals surface area (Å²) >= 11 is 5.82. The van der Waals surface area contributed by atoms with E-state index in [1.807, 2.05) is 0 Å². The predicted molar refractivity (Wildman–Crippen MR) is 153 cm³/mol. The minimum Gasteiger partial charge on any atom is -0.100 e. The molecule has 1 atom stereocenters. The Bertz CT molecular complexity index is 777. The molecule has 0 aliphatic carbocycles. The van der Waals surface area contributed by atoms with Crippen molar-refractivity contribution in [2.75, 3.05) is 6.16 Å².